The van der Waals surface area contributed by atoms with Crippen LogP contribution in [0.4, 0.5) is 5.69 Å². The molecular weight excluding hydrogens is 376 g/mol. The first kappa shape index (κ1) is 20.2. The second kappa shape index (κ2) is 7.65. The van der Waals surface area contributed by atoms with Crippen molar-refractivity contribution >= 4 is 25.7 Å². The molecule has 0 aromatic heterocycles. The molecule has 0 heterocycles. The molecule has 2 aromatic carbocycles. The zero-order valence-electron chi connectivity index (χ0n) is 15.1. The second-order valence-corrected chi connectivity index (χ2v) is 9.61. The number of nitrogens with one attached hydrogen (secondary N) is 1. The summed E-state index contributed by atoms with van der Waals surface area (Å²) in [5.74, 6) is 0.571. The van der Waals surface area contributed by atoms with E-state index in [0.717, 1.165) is 4.31 Å². The van der Waals surface area contributed by atoms with Gasteiger partial charge < -0.3 is 4.74 Å². The molecular formula is C17H22N2O5S2. The number of ether oxygens (including phenoxy) is 1. The fourth-order valence-electron chi connectivity index (χ4n) is 2.17. The van der Waals surface area contributed by atoms with E-state index < -0.39 is 20.0 Å². The highest BCUT2D eigenvalue weighted by Crippen LogP contribution is 2.25. The lowest BCUT2D eigenvalue weighted by molar-refractivity contribution is 0.340. The monoisotopic (exact) mass is 398 g/mol. The number of rotatable bonds is 7. The molecule has 9 heteroatoms. The fourth-order valence-corrected chi connectivity index (χ4v) is 4.22. The molecule has 0 atom stereocenters. The van der Waals surface area contributed by atoms with Gasteiger partial charge in [0.2, 0.25) is 10.0 Å². The number of hydrogen-bond acceptors (Lipinski definition) is 5. The van der Waals surface area contributed by atoms with Crippen molar-refractivity contribution in [3.63, 3.8) is 0 Å². The van der Waals surface area contributed by atoms with Crippen LogP contribution < -0.4 is 9.46 Å². The Kier molecular flexibility index (Phi) is 5.94. The Bertz CT molecular complexity index is 982. The van der Waals surface area contributed by atoms with Gasteiger partial charge in [0, 0.05) is 14.1 Å². The summed E-state index contributed by atoms with van der Waals surface area (Å²) in [5, 5.41) is 0. The smallest absolute Gasteiger partial charge is 0.261 e. The molecule has 2 aromatic rings. The molecule has 0 aliphatic heterocycles. The van der Waals surface area contributed by atoms with E-state index >= 15 is 0 Å². The minimum atomic E-state index is -3.86. The Balaban J connectivity index is 2.37. The predicted octanol–water partition coefficient (Wildman–Crippen LogP) is 2.44. The molecule has 0 unspecified atom stereocenters. The molecule has 2 rings (SSSR count). The number of anilines is 1. The first-order valence-corrected chi connectivity index (χ1v) is 10.8. The summed E-state index contributed by atoms with van der Waals surface area (Å²) in [6.45, 7) is 4.02. The zero-order valence-corrected chi connectivity index (χ0v) is 16.7. The highest BCUT2D eigenvalue weighted by Gasteiger charge is 2.20. The number of benzene rings is 2. The molecule has 0 aliphatic rings. The molecule has 142 valence electrons. The van der Waals surface area contributed by atoms with E-state index in [1.807, 2.05) is 6.92 Å². The predicted molar refractivity (Wildman–Crippen MR) is 100 cm³/mol. The van der Waals surface area contributed by atoms with Crippen molar-refractivity contribution in [2.45, 2.75) is 23.6 Å². The normalized spacial score (nSPS) is 12.2. The Morgan fingerprint density at radius 1 is 0.962 bits per heavy atom. The van der Waals surface area contributed by atoms with Crippen LogP contribution in [0.2, 0.25) is 0 Å². The van der Waals surface area contributed by atoms with Gasteiger partial charge in [0.15, 0.2) is 0 Å². The van der Waals surface area contributed by atoms with Crippen molar-refractivity contribution in [1.29, 1.82) is 0 Å². The van der Waals surface area contributed by atoms with Gasteiger partial charge in [0.25, 0.3) is 10.0 Å². The first-order valence-electron chi connectivity index (χ1n) is 7.87. The van der Waals surface area contributed by atoms with Gasteiger partial charge in [-0.25, -0.2) is 21.1 Å². The van der Waals surface area contributed by atoms with Crippen molar-refractivity contribution in [2.24, 2.45) is 0 Å². The quantitative estimate of drug-likeness (QED) is 0.773. The Morgan fingerprint density at radius 2 is 1.54 bits per heavy atom. The second-order valence-electron chi connectivity index (χ2n) is 5.77. The third-order valence-corrected chi connectivity index (χ3v) is 6.87. The summed E-state index contributed by atoms with van der Waals surface area (Å²) in [6, 6.07) is 10.3. The van der Waals surface area contributed by atoms with Crippen LogP contribution in [0.3, 0.4) is 0 Å². The van der Waals surface area contributed by atoms with Crippen LogP contribution in [0, 0.1) is 6.92 Å². The average molecular weight is 399 g/mol. The molecule has 7 nitrogen and oxygen atoms in total. The molecule has 1 N–H and O–H groups in total. The molecule has 0 saturated carbocycles. The van der Waals surface area contributed by atoms with Crippen molar-refractivity contribution in [3.8, 4) is 5.75 Å². The van der Waals surface area contributed by atoms with Gasteiger partial charge in [-0.15, -0.1) is 0 Å². The summed E-state index contributed by atoms with van der Waals surface area (Å²) < 4.78 is 58.6. The molecule has 0 aliphatic carbocycles. The van der Waals surface area contributed by atoms with E-state index in [4.69, 9.17) is 4.74 Å². The third-order valence-electron chi connectivity index (χ3n) is 3.68. The van der Waals surface area contributed by atoms with E-state index in [0.29, 0.717) is 17.9 Å². The third kappa shape index (κ3) is 4.35. The van der Waals surface area contributed by atoms with Crippen LogP contribution in [0.1, 0.15) is 12.5 Å². The summed E-state index contributed by atoms with van der Waals surface area (Å²) in [4.78, 5) is 0.0683. The van der Waals surface area contributed by atoms with Gasteiger partial charge in [0.1, 0.15) is 5.75 Å². The average Bonchev–Trinajstić information content (AvgIpc) is 2.57. The molecule has 0 bridgehead atoms. The molecule has 0 saturated heterocycles. The van der Waals surface area contributed by atoms with Gasteiger partial charge in [-0.1, -0.05) is 6.07 Å². The van der Waals surface area contributed by atoms with Gasteiger partial charge >= 0.3 is 0 Å². The van der Waals surface area contributed by atoms with Crippen LogP contribution in [0.5, 0.6) is 5.75 Å². The highest BCUT2D eigenvalue weighted by atomic mass is 32.2. The maximum Gasteiger partial charge on any atom is 0.261 e. The number of aryl methyl sites for hydroxylation is 1. The lowest BCUT2D eigenvalue weighted by atomic mass is 10.2. The van der Waals surface area contributed by atoms with Gasteiger partial charge in [-0.2, -0.15) is 0 Å². The molecule has 0 amide bonds. The van der Waals surface area contributed by atoms with E-state index in [2.05, 4.69) is 4.72 Å². The Morgan fingerprint density at radius 3 is 2.08 bits per heavy atom. The highest BCUT2D eigenvalue weighted by molar-refractivity contribution is 7.92. The largest absolute Gasteiger partial charge is 0.494 e. The minimum Gasteiger partial charge on any atom is -0.494 e. The van der Waals surface area contributed by atoms with E-state index in [1.165, 1.54) is 38.4 Å². The van der Waals surface area contributed by atoms with E-state index in [-0.39, 0.29) is 15.5 Å². The molecule has 0 spiro atoms. The maximum atomic E-state index is 12.6. The standard InChI is InChI=1S/C17H22N2O5S2/c1-5-24-14-7-10-15(11-8-14)25(20,21)18-17-12-16(9-6-13(17)2)26(22,23)19(3)4/h6-12,18H,5H2,1-4H3. The SMILES string of the molecule is CCOc1ccc(S(=O)(=O)Nc2cc(S(=O)(=O)N(C)C)ccc2C)cc1. The number of hydrogen-bond donors (Lipinski definition) is 1. The molecule has 0 radical (unpaired) electrons. The van der Waals surface area contributed by atoms with Gasteiger partial charge in [-0.05, 0) is 55.8 Å². The molecule has 0 fully saturated rings. The van der Waals surface area contributed by atoms with E-state index in [1.54, 1.807) is 25.1 Å². The fraction of sp³-hybridized carbons (Fsp3) is 0.294. The zero-order chi connectivity index (χ0) is 19.5. The summed E-state index contributed by atoms with van der Waals surface area (Å²) in [6.07, 6.45) is 0. The Hall–Kier alpha value is -2.10. The van der Waals surface area contributed by atoms with E-state index in [9.17, 15) is 16.8 Å². The van der Waals surface area contributed by atoms with Crippen LogP contribution in [-0.4, -0.2) is 41.8 Å². The van der Waals surface area contributed by atoms with Crippen LogP contribution in [-0.2, 0) is 20.0 Å². The van der Waals surface area contributed by atoms with Crippen LogP contribution in [0.25, 0.3) is 0 Å². The summed E-state index contributed by atoms with van der Waals surface area (Å²) in [5.41, 5.74) is 0.819. The summed E-state index contributed by atoms with van der Waals surface area (Å²) in [7, 11) is -4.70. The van der Waals surface area contributed by atoms with Crippen molar-refractivity contribution < 1.29 is 21.6 Å². The maximum absolute atomic E-state index is 12.6. The van der Waals surface area contributed by atoms with Crippen molar-refractivity contribution in [1.82, 2.24) is 4.31 Å². The first-order chi connectivity index (χ1) is 12.1. The van der Waals surface area contributed by atoms with Gasteiger partial charge in [0.05, 0.1) is 22.1 Å². The Labute approximate surface area is 154 Å². The number of sulfonamides is 2. The topological polar surface area (TPSA) is 92.8 Å². The lowest BCUT2D eigenvalue weighted by Crippen LogP contribution is -2.22. The van der Waals surface area contributed by atoms with Gasteiger partial charge in [-0.3, -0.25) is 4.72 Å². The van der Waals surface area contributed by atoms with Crippen molar-refractivity contribution in [2.75, 3.05) is 25.4 Å². The van der Waals surface area contributed by atoms with Crippen molar-refractivity contribution in [3.05, 3.63) is 48.0 Å². The van der Waals surface area contributed by atoms with Crippen LogP contribution in [0.15, 0.2) is 52.3 Å². The summed E-state index contributed by atoms with van der Waals surface area (Å²) >= 11 is 0. The lowest BCUT2D eigenvalue weighted by Gasteiger charge is -2.15. The number of nitrogens with zero attached hydrogens (tertiary/aromatic N) is 1. The minimum absolute atomic E-state index is 0.0116. The molecule has 26 heavy (non-hydrogen) atoms. The van der Waals surface area contributed by atoms with Crippen LogP contribution >= 0.6 is 0 Å².